The first-order valence-electron chi connectivity index (χ1n) is 9.32. The minimum atomic E-state index is 0.411. The van der Waals surface area contributed by atoms with Crippen molar-refractivity contribution in [3.8, 4) is 5.75 Å². The summed E-state index contributed by atoms with van der Waals surface area (Å²) in [6.45, 7) is 6.02. The van der Waals surface area contributed by atoms with Gasteiger partial charge in [-0.25, -0.2) is 4.98 Å². The van der Waals surface area contributed by atoms with Gasteiger partial charge in [-0.3, -0.25) is 4.90 Å². The van der Waals surface area contributed by atoms with Gasteiger partial charge in [0.1, 0.15) is 5.75 Å². The van der Waals surface area contributed by atoms with E-state index in [0.717, 1.165) is 44.1 Å². The van der Waals surface area contributed by atoms with Crippen LogP contribution in [0.1, 0.15) is 36.8 Å². The summed E-state index contributed by atoms with van der Waals surface area (Å²) in [6, 6.07) is 5.89. The van der Waals surface area contributed by atoms with Gasteiger partial charge in [0, 0.05) is 44.1 Å². The van der Waals surface area contributed by atoms with Crippen LogP contribution < -0.4 is 0 Å². The number of aryl methyl sites for hydroxylation is 2. The molecule has 1 unspecified atom stereocenters. The minimum Gasteiger partial charge on any atom is -0.508 e. The summed E-state index contributed by atoms with van der Waals surface area (Å²) in [5, 5.41) is 10.2. The second-order valence-electron chi connectivity index (χ2n) is 7.17. The Bertz CT molecular complexity index is 678. The monoisotopic (exact) mass is 339 g/mol. The first kappa shape index (κ1) is 17.7. The number of benzene rings is 1. The fourth-order valence-electron chi connectivity index (χ4n) is 3.60. The number of nitrogens with zero attached hydrogens (tertiary/aromatic N) is 3. The van der Waals surface area contributed by atoms with E-state index in [2.05, 4.69) is 39.6 Å². The maximum atomic E-state index is 10.2. The van der Waals surface area contributed by atoms with Crippen molar-refractivity contribution in [2.75, 3.05) is 13.1 Å². The third kappa shape index (κ3) is 5.46. The van der Waals surface area contributed by atoms with Crippen LogP contribution in [0.3, 0.4) is 0 Å². The van der Waals surface area contributed by atoms with Crippen molar-refractivity contribution < 1.29 is 5.11 Å². The van der Waals surface area contributed by atoms with Crippen LogP contribution in [0.15, 0.2) is 49.1 Å². The minimum absolute atomic E-state index is 0.411. The molecule has 1 atom stereocenters. The highest BCUT2D eigenvalue weighted by Gasteiger charge is 2.16. The summed E-state index contributed by atoms with van der Waals surface area (Å²) in [6.07, 6.45) is 15.1. The normalized spacial score (nSPS) is 17.3. The molecule has 0 bridgehead atoms. The van der Waals surface area contributed by atoms with Gasteiger partial charge in [-0.05, 0) is 44.6 Å². The van der Waals surface area contributed by atoms with E-state index in [1.807, 2.05) is 30.9 Å². The maximum absolute atomic E-state index is 10.2. The zero-order valence-electron chi connectivity index (χ0n) is 15.1. The molecule has 4 nitrogen and oxygen atoms in total. The van der Waals surface area contributed by atoms with E-state index in [9.17, 15) is 5.11 Å². The summed E-state index contributed by atoms with van der Waals surface area (Å²) in [5.41, 5.74) is 2.24. The van der Waals surface area contributed by atoms with E-state index in [1.54, 1.807) is 0 Å². The van der Waals surface area contributed by atoms with Crippen molar-refractivity contribution in [1.29, 1.82) is 0 Å². The van der Waals surface area contributed by atoms with Gasteiger partial charge in [0.2, 0.25) is 0 Å². The highest BCUT2D eigenvalue weighted by Crippen LogP contribution is 2.24. The van der Waals surface area contributed by atoms with Gasteiger partial charge < -0.3 is 9.67 Å². The lowest BCUT2D eigenvalue weighted by Crippen LogP contribution is -2.31. The molecule has 25 heavy (non-hydrogen) atoms. The van der Waals surface area contributed by atoms with E-state index in [1.165, 1.54) is 24.8 Å². The van der Waals surface area contributed by atoms with E-state index >= 15 is 0 Å². The molecule has 1 aliphatic rings. The highest BCUT2D eigenvalue weighted by molar-refractivity contribution is 5.35. The van der Waals surface area contributed by atoms with Crippen LogP contribution in [-0.4, -0.2) is 32.6 Å². The third-order valence-corrected chi connectivity index (χ3v) is 4.97. The molecular weight excluding hydrogens is 310 g/mol. The SMILES string of the molecule is Cc1ccc(O)c(CN(CCCn2ccnc2)CC2CC=CCC2)c1. The zero-order valence-corrected chi connectivity index (χ0v) is 15.1. The van der Waals surface area contributed by atoms with E-state index in [0.29, 0.717) is 5.75 Å². The number of imidazole rings is 1. The number of allylic oxidation sites excluding steroid dienone is 2. The number of aromatic nitrogens is 2. The molecule has 1 N–H and O–H groups in total. The van der Waals surface area contributed by atoms with Gasteiger partial charge in [0.05, 0.1) is 6.33 Å². The Balaban J connectivity index is 1.62. The Morgan fingerprint density at radius 1 is 1.32 bits per heavy atom. The first-order chi connectivity index (χ1) is 12.2. The first-order valence-corrected chi connectivity index (χ1v) is 9.32. The number of aromatic hydroxyl groups is 1. The molecule has 0 spiro atoms. The van der Waals surface area contributed by atoms with Crippen molar-refractivity contribution in [3.05, 3.63) is 60.2 Å². The molecule has 4 heteroatoms. The Hall–Kier alpha value is -2.07. The Morgan fingerprint density at radius 3 is 3.00 bits per heavy atom. The van der Waals surface area contributed by atoms with Crippen molar-refractivity contribution in [2.24, 2.45) is 5.92 Å². The summed E-state index contributed by atoms with van der Waals surface area (Å²) < 4.78 is 2.13. The fraction of sp³-hybridized carbons (Fsp3) is 0.476. The smallest absolute Gasteiger partial charge is 0.120 e. The highest BCUT2D eigenvalue weighted by atomic mass is 16.3. The Labute approximate surface area is 150 Å². The molecule has 1 aromatic carbocycles. The van der Waals surface area contributed by atoms with Crippen molar-refractivity contribution in [1.82, 2.24) is 14.5 Å². The number of phenols is 1. The Morgan fingerprint density at radius 2 is 2.24 bits per heavy atom. The molecular formula is C21H29N3O. The number of hydrogen-bond acceptors (Lipinski definition) is 3. The molecule has 0 amide bonds. The average Bonchev–Trinajstić information content (AvgIpc) is 3.12. The standard InChI is InChI=1S/C21H29N3O/c1-18-8-9-21(25)20(14-18)16-24(15-19-6-3-2-4-7-19)12-5-11-23-13-10-22-17-23/h2-3,8-10,13-14,17,19,25H,4-7,11-12,15-16H2,1H3. The van der Waals surface area contributed by atoms with Crippen molar-refractivity contribution >= 4 is 0 Å². The molecule has 0 saturated heterocycles. The van der Waals surface area contributed by atoms with Crippen molar-refractivity contribution in [2.45, 2.75) is 45.7 Å². The van der Waals surface area contributed by atoms with Gasteiger partial charge in [-0.2, -0.15) is 0 Å². The van der Waals surface area contributed by atoms with Crippen LogP contribution >= 0.6 is 0 Å². The van der Waals surface area contributed by atoms with Gasteiger partial charge in [0.15, 0.2) is 0 Å². The van der Waals surface area contributed by atoms with Crippen LogP contribution in [0.4, 0.5) is 0 Å². The summed E-state index contributed by atoms with van der Waals surface area (Å²) in [5.74, 6) is 1.14. The van der Waals surface area contributed by atoms with E-state index in [-0.39, 0.29) is 0 Å². The zero-order chi connectivity index (χ0) is 17.5. The molecule has 134 valence electrons. The van der Waals surface area contributed by atoms with E-state index < -0.39 is 0 Å². The number of hydrogen-bond donors (Lipinski definition) is 1. The van der Waals surface area contributed by atoms with Crippen molar-refractivity contribution in [3.63, 3.8) is 0 Å². The predicted molar refractivity (Wildman–Crippen MR) is 101 cm³/mol. The molecule has 1 aromatic heterocycles. The molecule has 0 fully saturated rings. The lowest BCUT2D eigenvalue weighted by molar-refractivity contribution is 0.207. The quantitative estimate of drug-likeness (QED) is 0.735. The molecule has 1 aliphatic carbocycles. The predicted octanol–water partition coefficient (Wildman–Crippen LogP) is 4.15. The summed E-state index contributed by atoms with van der Waals surface area (Å²) >= 11 is 0. The molecule has 3 rings (SSSR count). The van der Waals surface area contributed by atoms with Gasteiger partial charge in [-0.15, -0.1) is 0 Å². The lowest BCUT2D eigenvalue weighted by Gasteiger charge is -2.28. The van der Waals surface area contributed by atoms with Crippen LogP contribution in [0.2, 0.25) is 0 Å². The maximum Gasteiger partial charge on any atom is 0.120 e. The topological polar surface area (TPSA) is 41.3 Å². The average molecular weight is 339 g/mol. The molecule has 0 saturated carbocycles. The van der Waals surface area contributed by atoms with Crippen LogP contribution in [-0.2, 0) is 13.1 Å². The van der Waals surface area contributed by atoms with Gasteiger partial charge >= 0.3 is 0 Å². The molecule has 0 radical (unpaired) electrons. The second kappa shape index (κ2) is 8.86. The van der Waals surface area contributed by atoms with Gasteiger partial charge in [0.25, 0.3) is 0 Å². The second-order valence-corrected chi connectivity index (χ2v) is 7.17. The lowest BCUT2D eigenvalue weighted by atomic mass is 9.93. The summed E-state index contributed by atoms with van der Waals surface area (Å²) in [7, 11) is 0. The fourth-order valence-corrected chi connectivity index (χ4v) is 3.60. The Kier molecular flexibility index (Phi) is 6.29. The third-order valence-electron chi connectivity index (χ3n) is 4.97. The molecule has 1 heterocycles. The largest absolute Gasteiger partial charge is 0.508 e. The number of phenolic OH excluding ortho intramolecular Hbond substituents is 1. The molecule has 2 aromatic rings. The molecule has 0 aliphatic heterocycles. The van der Waals surface area contributed by atoms with E-state index in [4.69, 9.17) is 0 Å². The van der Waals surface area contributed by atoms with Crippen LogP contribution in [0.25, 0.3) is 0 Å². The number of rotatable bonds is 8. The van der Waals surface area contributed by atoms with Gasteiger partial charge in [-0.1, -0.05) is 29.8 Å². The van der Waals surface area contributed by atoms with Crippen LogP contribution in [0, 0.1) is 12.8 Å². The summed E-state index contributed by atoms with van der Waals surface area (Å²) in [4.78, 5) is 6.62. The van der Waals surface area contributed by atoms with Crippen LogP contribution in [0.5, 0.6) is 5.75 Å².